The predicted octanol–water partition coefficient (Wildman–Crippen LogP) is 11.9. The van der Waals surface area contributed by atoms with Crippen molar-refractivity contribution in [1.82, 2.24) is 10.6 Å². The molecule has 0 heterocycles. The number of benzene rings is 5. The van der Waals surface area contributed by atoms with Crippen molar-refractivity contribution in [2.24, 2.45) is 0 Å². The molecule has 5 aromatic rings. The van der Waals surface area contributed by atoms with Crippen molar-refractivity contribution in [1.29, 1.82) is 0 Å². The zero-order valence-electron chi connectivity index (χ0n) is 29.2. The minimum absolute atomic E-state index is 0.0343. The molecule has 0 aliphatic rings. The van der Waals surface area contributed by atoms with E-state index in [2.05, 4.69) is 24.5 Å². The largest absolute Gasteiger partial charge is 0.478 e. The number of carbonyl (C=O) groups is 4. The molecule has 0 atom stereocenters. The van der Waals surface area contributed by atoms with Crippen LogP contribution in [0.25, 0.3) is 43.1 Å². The van der Waals surface area contributed by atoms with Crippen LogP contribution in [0.3, 0.4) is 0 Å². The first-order chi connectivity index (χ1) is 24.9. The second-order valence-corrected chi connectivity index (χ2v) is 14.9. The first-order valence-electron chi connectivity index (χ1n) is 18.0. The Labute approximate surface area is 322 Å². The number of unbranched alkanes of at least 4 members (excludes halogenated alkanes) is 10. The van der Waals surface area contributed by atoms with Gasteiger partial charge in [0.2, 0.25) is 0 Å². The molecule has 0 aliphatic heterocycles. The molecule has 2 amide bonds. The normalized spacial score (nSPS) is 11.7. The average Bonchev–Trinajstić information content (AvgIpc) is 3.10. The number of nitrogens with one attached hydrogen (secondary N) is 2. The summed E-state index contributed by atoms with van der Waals surface area (Å²) in [6.07, 6.45) is 12.5. The van der Waals surface area contributed by atoms with Gasteiger partial charge in [0, 0.05) is 87.4 Å². The van der Waals surface area contributed by atoms with E-state index in [1.54, 1.807) is 0 Å². The van der Waals surface area contributed by atoms with Crippen molar-refractivity contribution in [3.63, 3.8) is 0 Å². The van der Waals surface area contributed by atoms with Gasteiger partial charge in [0.25, 0.3) is 11.8 Å². The van der Waals surface area contributed by atoms with Crippen LogP contribution in [0.1, 0.15) is 132 Å². The van der Waals surface area contributed by atoms with Crippen LogP contribution in [0, 0.1) is 0 Å². The number of carboxylic acids is 2. The molecule has 8 nitrogen and oxygen atoms in total. The molecule has 0 saturated carbocycles. The van der Waals surface area contributed by atoms with E-state index in [1.807, 2.05) is 0 Å². The number of halogens is 4. The molecular formula is C40H42Cl4N2O6. The Morgan fingerprint density at radius 3 is 1.06 bits per heavy atom. The molecule has 276 valence electrons. The van der Waals surface area contributed by atoms with Gasteiger partial charge >= 0.3 is 11.9 Å². The summed E-state index contributed by atoms with van der Waals surface area (Å²) in [7, 11) is 0. The van der Waals surface area contributed by atoms with Gasteiger partial charge in [-0.05, 0) is 37.1 Å². The van der Waals surface area contributed by atoms with Crippen LogP contribution >= 0.6 is 46.4 Å². The van der Waals surface area contributed by atoms with Crippen molar-refractivity contribution in [2.75, 3.05) is 13.1 Å². The Morgan fingerprint density at radius 2 is 0.731 bits per heavy atom. The van der Waals surface area contributed by atoms with Gasteiger partial charge in [-0.25, -0.2) is 9.59 Å². The fourth-order valence-electron chi connectivity index (χ4n) is 7.22. The summed E-state index contributed by atoms with van der Waals surface area (Å²) in [5.41, 5.74) is -0.396. The second kappa shape index (κ2) is 17.5. The minimum atomic E-state index is -1.40. The zero-order chi connectivity index (χ0) is 37.7. The Bertz CT molecular complexity index is 2040. The fourth-order valence-corrected chi connectivity index (χ4v) is 8.41. The van der Waals surface area contributed by atoms with E-state index in [9.17, 15) is 29.4 Å². The van der Waals surface area contributed by atoms with Crippen molar-refractivity contribution in [3.8, 4) is 0 Å². The quantitative estimate of drug-likeness (QED) is 0.0397. The van der Waals surface area contributed by atoms with Crippen molar-refractivity contribution >= 4 is 113 Å². The lowest BCUT2D eigenvalue weighted by Crippen LogP contribution is -2.27. The topological polar surface area (TPSA) is 133 Å². The molecule has 5 rings (SSSR count). The molecule has 0 bridgehead atoms. The fraction of sp³-hybridized carbons (Fsp3) is 0.400. The van der Waals surface area contributed by atoms with Gasteiger partial charge in [-0.2, -0.15) is 0 Å². The maximum absolute atomic E-state index is 14.0. The molecule has 0 spiro atoms. The molecule has 12 heteroatoms. The summed E-state index contributed by atoms with van der Waals surface area (Å²) in [4.78, 5) is 53.0. The highest BCUT2D eigenvalue weighted by Crippen LogP contribution is 2.52. The molecule has 0 unspecified atom stereocenters. The van der Waals surface area contributed by atoms with E-state index in [1.165, 1.54) is 24.3 Å². The van der Waals surface area contributed by atoms with Gasteiger partial charge in [0.15, 0.2) is 0 Å². The van der Waals surface area contributed by atoms with Crippen LogP contribution in [0.2, 0.25) is 20.1 Å². The van der Waals surface area contributed by atoms with Crippen molar-refractivity contribution in [3.05, 3.63) is 66.6 Å². The summed E-state index contributed by atoms with van der Waals surface area (Å²) in [5, 5.41) is 28.1. The molecule has 0 aliphatic carbocycles. The smallest absolute Gasteiger partial charge is 0.336 e. The summed E-state index contributed by atoms with van der Waals surface area (Å²) in [6.45, 7) is 5.15. The van der Waals surface area contributed by atoms with E-state index in [0.29, 0.717) is 18.5 Å². The standard InChI is InChI=1S/C40H42Cl4N2O6/c1-3-5-7-9-11-13-15-45-37(47)21-17-25(41)31-33-27(43)19-23(39(49)50)30-24(40(51)52)20-28(44)34(36(30)33)32-26(42)18-22(29(21)35(31)32)38(48)46-16-14-12-10-8-6-4-2/h17-20H,3-16H2,1-2H3,(H,45,47)(H,46,48)(H,49,50)(H,51,52). The number of aromatic carboxylic acids is 2. The number of rotatable bonds is 18. The number of amides is 2. The van der Waals surface area contributed by atoms with Gasteiger partial charge in [0.1, 0.15) is 0 Å². The molecular weight excluding hydrogens is 746 g/mol. The van der Waals surface area contributed by atoms with Crippen molar-refractivity contribution < 1.29 is 29.4 Å². The molecule has 0 radical (unpaired) electrons. The predicted molar refractivity (Wildman–Crippen MR) is 213 cm³/mol. The van der Waals surface area contributed by atoms with Crippen LogP contribution < -0.4 is 10.6 Å². The Morgan fingerprint density at radius 1 is 0.442 bits per heavy atom. The third-order valence-electron chi connectivity index (χ3n) is 9.70. The first kappa shape index (κ1) is 39.6. The average molecular weight is 789 g/mol. The second-order valence-electron chi connectivity index (χ2n) is 13.3. The van der Waals surface area contributed by atoms with Gasteiger partial charge in [-0.1, -0.05) is 124 Å². The van der Waals surface area contributed by atoms with Crippen LogP contribution in [0.5, 0.6) is 0 Å². The minimum Gasteiger partial charge on any atom is -0.478 e. The number of hydrogen-bond acceptors (Lipinski definition) is 4. The number of carboxylic acid groups (broad SMARTS) is 2. The summed E-state index contributed by atoms with van der Waals surface area (Å²) in [6, 6.07) is 5.30. The Balaban J connectivity index is 1.77. The molecule has 0 saturated heterocycles. The Kier molecular flexibility index (Phi) is 13.3. The van der Waals surface area contributed by atoms with E-state index in [4.69, 9.17) is 46.4 Å². The Hall–Kier alpha value is -3.56. The number of carbonyl (C=O) groups excluding carboxylic acids is 2. The third-order valence-corrected chi connectivity index (χ3v) is 10.9. The lowest BCUT2D eigenvalue weighted by atomic mass is 9.84. The van der Waals surface area contributed by atoms with Crippen LogP contribution in [-0.2, 0) is 0 Å². The summed E-state index contributed by atoms with van der Waals surface area (Å²) in [5.74, 6) is -3.66. The molecule has 52 heavy (non-hydrogen) atoms. The van der Waals surface area contributed by atoms with Gasteiger partial charge < -0.3 is 20.8 Å². The van der Waals surface area contributed by atoms with Crippen LogP contribution in [0.4, 0.5) is 0 Å². The molecule has 0 fully saturated rings. The van der Waals surface area contributed by atoms with E-state index >= 15 is 0 Å². The van der Waals surface area contributed by atoms with Crippen molar-refractivity contribution in [2.45, 2.75) is 90.9 Å². The first-order valence-corrected chi connectivity index (χ1v) is 19.5. The van der Waals surface area contributed by atoms with Gasteiger partial charge in [0.05, 0.1) is 11.1 Å². The van der Waals surface area contributed by atoms with Gasteiger partial charge in [-0.3, -0.25) is 9.59 Å². The summed E-state index contributed by atoms with van der Waals surface area (Å²) < 4.78 is 0. The van der Waals surface area contributed by atoms with E-state index in [-0.39, 0.29) is 80.0 Å². The van der Waals surface area contributed by atoms with Crippen LogP contribution in [-0.4, -0.2) is 47.1 Å². The monoisotopic (exact) mass is 786 g/mol. The highest BCUT2D eigenvalue weighted by Gasteiger charge is 2.31. The molecule has 4 N–H and O–H groups in total. The van der Waals surface area contributed by atoms with Crippen LogP contribution in [0.15, 0.2) is 24.3 Å². The van der Waals surface area contributed by atoms with E-state index in [0.717, 1.165) is 77.0 Å². The SMILES string of the molecule is CCCCCCCCNC(=O)c1cc(Cl)c2c3c(Cl)cc(C(=O)O)c4c(C(=O)O)cc(Cl)c(c5c(Cl)cc(C(=O)NCCCCCCCC)c1c25)c43. The maximum atomic E-state index is 14.0. The third kappa shape index (κ3) is 7.86. The highest BCUT2D eigenvalue weighted by atomic mass is 35.5. The maximum Gasteiger partial charge on any atom is 0.336 e. The van der Waals surface area contributed by atoms with Gasteiger partial charge in [-0.15, -0.1) is 0 Å². The lowest BCUT2D eigenvalue weighted by molar-refractivity contribution is 0.0695. The summed E-state index contributed by atoms with van der Waals surface area (Å²) >= 11 is 27.8. The lowest BCUT2D eigenvalue weighted by Gasteiger charge is -2.23. The zero-order valence-corrected chi connectivity index (χ0v) is 32.3. The molecule has 5 aromatic carbocycles. The number of fused-ring (bicyclic) bond motifs is 2. The number of hydrogen-bond donors (Lipinski definition) is 4. The highest BCUT2D eigenvalue weighted by molar-refractivity contribution is 6.55. The van der Waals surface area contributed by atoms with E-state index < -0.39 is 23.8 Å². The molecule has 0 aromatic heterocycles.